The molecule has 0 aromatic carbocycles. The summed E-state index contributed by atoms with van der Waals surface area (Å²) < 4.78 is 19.0. The Morgan fingerprint density at radius 2 is 1.82 bits per heavy atom. The lowest BCUT2D eigenvalue weighted by Gasteiger charge is -2.57. The highest BCUT2D eigenvalue weighted by atomic mass is 16.6. The van der Waals surface area contributed by atoms with Gasteiger partial charge in [-0.15, -0.1) is 0 Å². The number of carbonyl (C=O) groups excluding carboxylic acids is 1. The van der Waals surface area contributed by atoms with Crippen LogP contribution in [0.2, 0.25) is 0 Å². The summed E-state index contributed by atoms with van der Waals surface area (Å²) in [5, 5.41) is 13.6. The first-order valence-electron chi connectivity index (χ1n) is 16.8. The number of nitrogens with one attached hydrogen (secondary N) is 1. The maximum absolute atomic E-state index is 12.1. The largest absolute Gasteiger partial charge is 0.446 e. The molecule has 1 amide bonds. The Hall–Kier alpha value is -0.850. The molecule has 2 N–H and O–H groups in total. The molecule has 0 aromatic rings. The van der Waals surface area contributed by atoms with Gasteiger partial charge in [-0.1, -0.05) is 40.0 Å². The van der Waals surface area contributed by atoms with Crippen molar-refractivity contribution < 1.29 is 24.1 Å². The van der Waals surface area contributed by atoms with Crippen LogP contribution in [0.25, 0.3) is 0 Å². The van der Waals surface area contributed by atoms with Crippen molar-refractivity contribution in [3.05, 3.63) is 0 Å². The summed E-state index contributed by atoms with van der Waals surface area (Å²) in [5.74, 6) is 2.78. The lowest BCUT2D eigenvalue weighted by molar-refractivity contribution is -0.198. The number of ether oxygens (including phenoxy) is 3. The summed E-state index contributed by atoms with van der Waals surface area (Å²) in [4.78, 5) is 12.1. The SMILES string of the molecule is CCCC1CCC(C(OCC)C(C)(C)O)OC1CC1CCCC23CC24CCC(OC(=O)NC)C(C)(C)C4CCC13. The van der Waals surface area contributed by atoms with Crippen LogP contribution in [0.5, 0.6) is 0 Å². The average Bonchev–Trinajstić information content (AvgIpc) is 3.56. The van der Waals surface area contributed by atoms with Gasteiger partial charge in [-0.05, 0) is 119 Å². The fraction of sp³-hybridized carbons (Fsp3) is 0.971. The topological polar surface area (TPSA) is 77.0 Å². The van der Waals surface area contributed by atoms with E-state index in [1.54, 1.807) is 7.05 Å². The van der Waals surface area contributed by atoms with E-state index in [9.17, 15) is 9.90 Å². The van der Waals surface area contributed by atoms with Crippen molar-refractivity contribution in [1.82, 2.24) is 5.32 Å². The summed E-state index contributed by atoms with van der Waals surface area (Å²) in [7, 11) is 1.66. The predicted molar refractivity (Wildman–Crippen MR) is 158 cm³/mol. The van der Waals surface area contributed by atoms with Crippen LogP contribution in [0.15, 0.2) is 0 Å². The molecule has 40 heavy (non-hydrogen) atoms. The Balaban J connectivity index is 1.32. The fourth-order valence-corrected chi connectivity index (χ4v) is 11.1. The van der Waals surface area contributed by atoms with E-state index in [0.29, 0.717) is 29.3 Å². The molecule has 5 fully saturated rings. The molecule has 6 nitrogen and oxygen atoms in total. The van der Waals surface area contributed by atoms with E-state index >= 15 is 0 Å². The Morgan fingerprint density at radius 3 is 2.50 bits per heavy atom. The highest BCUT2D eigenvalue weighted by Crippen LogP contribution is 2.85. The number of aliphatic hydroxyl groups is 1. The molecule has 1 aliphatic heterocycles. The van der Waals surface area contributed by atoms with Crippen molar-refractivity contribution in [1.29, 1.82) is 0 Å². The van der Waals surface area contributed by atoms with Gasteiger partial charge in [0.1, 0.15) is 12.2 Å². The number of hydrogen-bond donors (Lipinski definition) is 2. The van der Waals surface area contributed by atoms with Crippen molar-refractivity contribution in [2.45, 2.75) is 155 Å². The van der Waals surface area contributed by atoms with Crippen LogP contribution in [0.3, 0.4) is 0 Å². The molecule has 5 rings (SSSR count). The molecule has 1 saturated heterocycles. The Bertz CT molecular complexity index is 899. The molecular formula is C34H59NO5. The molecule has 1 heterocycles. The van der Waals surface area contributed by atoms with Crippen LogP contribution in [0, 0.1) is 39.9 Å². The summed E-state index contributed by atoms with van der Waals surface area (Å²) in [6, 6.07) is 0. The third-order valence-corrected chi connectivity index (χ3v) is 12.7. The first-order valence-corrected chi connectivity index (χ1v) is 16.8. The quantitative estimate of drug-likeness (QED) is 0.310. The third kappa shape index (κ3) is 5.14. The molecule has 4 saturated carbocycles. The molecule has 0 aromatic heterocycles. The number of amides is 1. The maximum atomic E-state index is 12.1. The monoisotopic (exact) mass is 561 g/mol. The van der Waals surface area contributed by atoms with E-state index < -0.39 is 5.60 Å². The summed E-state index contributed by atoms with van der Waals surface area (Å²) in [6.07, 6.45) is 15.7. The van der Waals surface area contributed by atoms with Crippen LogP contribution in [0.1, 0.15) is 125 Å². The number of alkyl carbamates (subject to hydrolysis) is 1. The predicted octanol–water partition coefficient (Wildman–Crippen LogP) is 7.26. The molecule has 6 heteroatoms. The zero-order valence-corrected chi connectivity index (χ0v) is 26.6. The van der Waals surface area contributed by atoms with Gasteiger partial charge in [0.05, 0.1) is 17.8 Å². The van der Waals surface area contributed by atoms with Gasteiger partial charge in [0.2, 0.25) is 0 Å². The molecule has 0 bridgehead atoms. The van der Waals surface area contributed by atoms with Gasteiger partial charge < -0.3 is 24.6 Å². The van der Waals surface area contributed by atoms with Crippen molar-refractivity contribution >= 4 is 6.09 Å². The second-order valence-corrected chi connectivity index (χ2v) is 15.5. The number of carbonyl (C=O) groups is 1. The van der Waals surface area contributed by atoms with Crippen molar-refractivity contribution in [2.24, 2.45) is 39.9 Å². The van der Waals surface area contributed by atoms with Gasteiger partial charge in [0.15, 0.2) is 0 Å². The van der Waals surface area contributed by atoms with Crippen LogP contribution in [0.4, 0.5) is 4.79 Å². The first kappa shape index (κ1) is 30.6. The first-order chi connectivity index (χ1) is 18.9. The summed E-state index contributed by atoms with van der Waals surface area (Å²) >= 11 is 0. The van der Waals surface area contributed by atoms with E-state index in [1.165, 1.54) is 70.6 Å². The normalized spacial score (nSPS) is 43.0. The lowest BCUT2D eigenvalue weighted by Crippen LogP contribution is -2.54. The van der Waals surface area contributed by atoms with Crippen molar-refractivity contribution in [3.63, 3.8) is 0 Å². The van der Waals surface area contributed by atoms with Gasteiger partial charge in [0.25, 0.3) is 0 Å². The zero-order valence-electron chi connectivity index (χ0n) is 26.6. The molecule has 5 aliphatic rings. The Kier molecular flexibility index (Phi) is 8.67. The van der Waals surface area contributed by atoms with E-state index in [2.05, 4.69) is 26.1 Å². The molecule has 10 unspecified atom stereocenters. The van der Waals surface area contributed by atoms with Gasteiger partial charge in [-0.3, -0.25) is 0 Å². The molecule has 2 spiro atoms. The van der Waals surface area contributed by atoms with Gasteiger partial charge in [-0.25, -0.2) is 4.79 Å². The molecular weight excluding hydrogens is 502 g/mol. The molecule has 10 atom stereocenters. The minimum atomic E-state index is -0.913. The van der Waals surface area contributed by atoms with Gasteiger partial charge in [-0.2, -0.15) is 0 Å². The van der Waals surface area contributed by atoms with Crippen molar-refractivity contribution in [2.75, 3.05) is 13.7 Å². The van der Waals surface area contributed by atoms with E-state index in [-0.39, 0.29) is 35.9 Å². The standard InChI is InChI=1S/C34H59NO5/c1-8-11-22-13-15-25(29(38-9-2)32(5,6)37)39-26(22)20-23-12-10-18-33-21-34(33)19-17-28(40-30(36)35-7)31(3,4)27(34)16-14-24(23)33/h22-29,37H,8-21H2,1-7H3,(H,35,36). The minimum Gasteiger partial charge on any atom is -0.446 e. The molecule has 230 valence electrons. The van der Waals surface area contributed by atoms with E-state index in [4.69, 9.17) is 14.2 Å². The summed E-state index contributed by atoms with van der Waals surface area (Å²) in [5.41, 5.74) is 0.0386. The minimum absolute atomic E-state index is 0.00750. The Labute approximate surface area is 244 Å². The smallest absolute Gasteiger partial charge is 0.407 e. The van der Waals surface area contributed by atoms with Gasteiger partial charge in [0, 0.05) is 19.1 Å². The highest BCUT2D eigenvalue weighted by molar-refractivity contribution is 5.67. The lowest BCUT2D eigenvalue weighted by atomic mass is 9.49. The average molecular weight is 562 g/mol. The maximum Gasteiger partial charge on any atom is 0.407 e. The van der Waals surface area contributed by atoms with E-state index in [0.717, 1.165) is 24.7 Å². The van der Waals surface area contributed by atoms with Crippen LogP contribution >= 0.6 is 0 Å². The van der Waals surface area contributed by atoms with Crippen LogP contribution in [-0.4, -0.2) is 54.9 Å². The third-order valence-electron chi connectivity index (χ3n) is 12.7. The van der Waals surface area contributed by atoms with Gasteiger partial charge >= 0.3 is 6.09 Å². The molecule has 0 radical (unpaired) electrons. The van der Waals surface area contributed by atoms with Crippen LogP contribution in [-0.2, 0) is 14.2 Å². The Morgan fingerprint density at radius 1 is 1.05 bits per heavy atom. The van der Waals surface area contributed by atoms with Crippen LogP contribution < -0.4 is 5.32 Å². The second-order valence-electron chi connectivity index (χ2n) is 15.5. The summed E-state index contributed by atoms with van der Waals surface area (Å²) in [6.45, 7) is 13.4. The zero-order chi connectivity index (χ0) is 28.9. The number of hydrogen-bond acceptors (Lipinski definition) is 5. The fourth-order valence-electron chi connectivity index (χ4n) is 11.1. The van der Waals surface area contributed by atoms with Crippen molar-refractivity contribution in [3.8, 4) is 0 Å². The molecule has 4 aliphatic carbocycles. The van der Waals surface area contributed by atoms with E-state index in [1.807, 2.05) is 20.8 Å². The highest BCUT2D eigenvalue weighted by Gasteiger charge is 2.78. The number of rotatable bonds is 9. The second kappa shape index (κ2) is 11.3.